The number of nitrogens with zero attached hydrogens (tertiary/aromatic N) is 1. The van der Waals surface area contributed by atoms with Gasteiger partial charge in [-0.05, 0) is 37.3 Å². The Labute approximate surface area is 125 Å². The van der Waals surface area contributed by atoms with Crippen molar-refractivity contribution in [3.8, 4) is 0 Å². The molecule has 1 aromatic rings. The Hall–Kier alpha value is -1.29. The van der Waals surface area contributed by atoms with E-state index in [-0.39, 0.29) is 11.9 Å². The van der Waals surface area contributed by atoms with Gasteiger partial charge in [0.15, 0.2) is 0 Å². The van der Waals surface area contributed by atoms with E-state index >= 15 is 0 Å². The molecule has 0 saturated heterocycles. The first kappa shape index (κ1) is 15.1. The van der Waals surface area contributed by atoms with Crippen LogP contribution in [0.1, 0.15) is 49.5 Å². The molecule has 1 aliphatic rings. The quantitative estimate of drug-likeness (QED) is 0.840. The molecule has 0 spiro atoms. The number of hydrogen-bond acceptors (Lipinski definition) is 3. The summed E-state index contributed by atoms with van der Waals surface area (Å²) >= 11 is 6.07. The van der Waals surface area contributed by atoms with Crippen LogP contribution in [0.5, 0.6) is 0 Å². The highest BCUT2D eigenvalue weighted by molar-refractivity contribution is 6.33. The number of anilines is 1. The predicted molar refractivity (Wildman–Crippen MR) is 82.3 cm³/mol. The highest BCUT2D eigenvalue weighted by Gasteiger charge is 2.20. The van der Waals surface area contributed by atoms with E-state index in [9.17, 15) is 4.79 Å². The average molecular weight is 296 g/mol. The highest BCUT2D eigenvalue weighted by atomic mass is 35.5. The second kappa shape index (κ2) is 6.93. The van der Waals surface area contributed by atoms with E-state index in [1.807, 2.05) is 0 Å². The molecule has 0 aromatic carbocycles. The van der Waals surface area contributed by atoms with Crippen molar-refractivity contribution in [3.63, 3.8) is 0 Å². The summed E-state index contributed by atoms with van der Waals surface area (Å²) in [6, 6.07) is 3.69. The van der Waals surface area contributed by atoms with Crippen LogP contribution in [-0.2, 0) is 0 Å². The Morgan fingerprint density at radius 2 is 2.10 bits per heavy atom. The number of carbonyl (C=O) groups excluding carboxylic acids is 1. The molecular formula is C15H22ClN3O. The van der Waals surface area contributed by atoms with Gasteiger partial charge in [0.25, 0.3) is 5.91 Å². The van der Waals surface area contributed by atoms with Gasteiger partial charge in [0.05, 0.1) is 5.02 Å². The SMILES string of the molecule is CNc1ccc(Cl)c(C(=O)NC2CCCC(C)CC2)n1. The Morgan fingerprint density at radius 1 is 1.30 bits per heavy atom. The second-order valence-corrected chi connectivity index (χ2v) is 5.97. The first-order valence-corrected chi connectivity index (χ1v) is 7.63. The zero-order chi connectivity index (χ0) is 14.5. The summed E-state index contributed by atoms with van der Waals surface area (Å²) in [5.74, 6) is 1.23. The number of hydrogen-bond donors (Lipinski definition) is 2. The molecule has 2 rings (SSSR count). The fourth-order valence-electron chi connectivity index (χ4n) is 2.63. The van der Waals surface area contributed by atoms with Crippen molar-refractivity contribution in [1.82, 2.24) is 10.3 Å². The van der Waals surface area contributed by atoms with Crippen LogP contribution >= 0.6 is 11.6 Å². The maximum atomic E-state index is 12.3. The van der Waals surface area contributed by atoms with Crippen LogP contribution in [0.2, 0.25) is 5.02 Å². The Kier molecular flexibility index (Phi) is 5.24. The standard InChI is InChI=1S/C15H22ClN3O/c1-10-4-3-5-11(7-6-10)18-15(20)14-12(16)8-9-13(17-2)19-14/h8-11H,3-7H2,1-2H3,(H,17,19)(H,18,20). The minimum atomic E-state index is -0.174. The summed E-state index contributed by atoms with van der Waals surface area (Å²) in [4.78, 5) is 16.5. The van der Waals surface area contributed by atoms with Crippen LogP contribution in [0.4, 0.5) is 5.82 Å². The Balaban J connectivity index is 2.04. The number of nitrogens with one attached hydrogen (secondary N) is 2. The lowest BCUT2D eigenvalue weighted by molar-refractivity contribution is 0.0928. The predicted octanol–water partition coefficient (Wildman–Crippen LogP) is 3.48. The third-order valence-electron chi connectivity index (χ3n) is 3.91. The van der Waals surface area contributed by atoms with Crippen LogP contribution in [0.25, 0.3) is 0 Å². The smallest absolute Gasteiger partial charge is 0.271 e. The van der Waals surface area contributed by atoms with E-state index in [0.29, 0.717) is 16.5 Å². The van der Waals surface area contributed by atoms with Crippen molar-refractivity contribution in [3.05, 3.63) is 22.8 Å². The molecule has 1 aliphatic carbocycles. The maximum absolute atomic E-state index is 12.3. The molecule has 1 saturated carbocycles. The Bertz CT molecular complexity index is 478. The lowest BCUT2D eigenvalue weighted by Crippen LogP contribution is -2.35. The van der Waals surface area contributed by atoms with Gasteiger partial charge in [0, 0.05) is 13.1 Å². The van der Waals surface area contributed by atoms with Crippen molar-refractivity contribution in [1.29, 1.82) is 0 Å². The van der Waals surface area contributed by atoms with Crippen LogP contribution in [0.3, 0.4) is 0 Å². The van der Waals surface area contributed by atoms with Crippen molar-refractivity contribution < 1.29 is 4.79 Å². The zero-order valence-electron chi connectivity index (χ0n) is 12.1. The molecule has 1 fully saturated rings. The highest BCUT2D eigenvalue weighted by Crippen LogP contribution is 2.23. The topological polar surface area (TPSA) is 54.0 Å². The summed E-state index contributed by atoms with van der Waals surface area (Å²) in [6.07, 6.45) is 5.67. The molecule has 2 N–H and O–H groups in total. The van der Waals surface area contributed by atoms with Gasteiger partial charge in [-0.2, -0.15) is 0 Å². The van der Waals surface area contributed by atoms with Crippen molar-refractivity contribution in [2.75, 3.05) is 12.4 Å². The summed E-state index contributed by atoms with van der Waals surface area (Å²) < 4.78 is 0. The summed E-state index contributed by atoms with van der Waals surface area (Å²) in [6.45, 7) is 2.28. The first-order chi connectivity index (χ1) is 9.60. The number of carbonyl (C=O) groups is 1. The monoisotopic (exact) mass is 295 g/mol. The van der Waals surface area contributed by atoms with Crippen LogP contribution in [0.15, 0.2) is 12.1 Å². The molecular weight excluding hydrogens is 274 g/mol. The number of amides is 1. The zero-order valence-corrected chi connectivity index (χ0v) is 12.8. The van der Waals surface area contributed by atoms with Crippen LogP contribution in [0, 0.1) is 5.92 Å². The number of rotatable bonds is 3. The van der Waals surface area contributed by atoms with Crippen molar-refractivity contribution >= 4 is 23.3 Å². The van der Waals surface area contributed by atoms with Gasteiger partial charge in [-0.15, -0.1) is 0 Å². The number of halogens is 1. The van der Waals surface area contributed by atoms with Gasteiger partial charge < -0.3 is 10.6 Å². The van der Waals surface area contributed by atoms with E-state index in [2.05, 4.69) is 22.5 Å². The lowest BCUT2D eigenvalue weighted by Gasteiger charge is -2.16. The van der Waals surface area contributed by atoms with Gasteiger partial charge >= 0.3 is 0 Å². The van der Waals surface area contributed by atoms with E-state index in [4.69, 9.17) is 11.6 Å². The van der Waals surface area contributed by atoms with E-state index in [0.717, 1.165) is 18.8 Å². The number of aromatic nitrogens is 1. The molecule has 0 aliphatic heterocycles. The molecule has 0 radical (unpaired) electrons. The van der Waals surface area contributed by atoms with Crippen molar-refractivity contribution in [2.24, 2.45) is 5.92 Å². The Morgan fingerprint density at radius 3 is 2.85 bits per heavy atom. The average Bonchev–Trinajstić information content (AvgIpc) is 2.64. The van der Waals surface area contributed by atoms with Gasteiger partial charge in [0.1, 0.15) is 11.5 Å². The fraction of sp³-hybridized carbons (Fsp3) is 0.600. The van der Waals surface area contributed by atoms with Gasteiger partial charge in [-0.3, -0.25) is 4.79 Å². The minimum absolute atomic E-state index is 0.174. The van der Waals surface area contributed by atoms with Gasteiger partial charge in [0.2, 0.25) is 0 Å². The summed E-state index contributed by atoms with van der Waals surface area (Å²) in [5, 5.41) is 6.39. The number of pyridine rings is 1. The largest absolute Gasteiger partial charge is 0.373 e. The van der Waals surface area contributed by atoms with E-state index in [1.165, 1.54) is 19.3 Å². The molecule has 110 valence electrons. The van der Waals surface area contributed by atoms with E-state index in [1.54, 1.807) is 19.2 Å². The third-order valence-corrected chi connectivity index (χ3v) is 4.21. The molecule has 1 amide bonds. The van der Waals surface area contributed by atoms with Crippen LogP contribution in [-0.4, -0.2) is 24.0 Å². The van der Waals surface area contributed by atoms with Gasteiger partial charge in [-0.1, -0.05) is 31.4 Å². The second-order valence-electron chi connectivity index (χ2n) is 5.56. The minimum Gasteiger partial charge on any atom is -0.373 e. The molecule has 2 atom stereocenters. The van der Waals surface area contributed by atoms with Crippen LogP contribution < -0.4 is 10.6 Å². The fourth-order valence-corrected chi connectivity index (χ4v) is 2.82. The normalized spacial score (nSPS) is 22.9. The van der Waals surface area contributed by atoms with E-state index < -0.39 is 0 Å². The first-order valence-electron chi connectivity index (χ1n) is 7.25. The molecule has 1 heterocycles. The lowest BCUT2D eigenvalue weighted by atomic mass is 10.0. The molecule has 20 heavy (non-hydrogen) atoms. The molecule has 2 unspecified atom stereocenters. The molecule has 1 aromatic heterocycles. The molecule has 0 bridgehead atoms. The summed E-state index contributed by atoms with van der Waals surface area (Å²) in [5.41, 5.74) is 0.302. The van der Waals surface area contributed by atoms with Gasteiger partial charge in [-0.25, -0.2) is 4.98 Å². The maximum Gasteiger partial charge on any atom is 0.271 e. The van der Waals surface area contributed by atoms with Crippen molar-refractivity contribution in [2.45, 2.75) is 45.1 Å². The molecule has 4 nitrogen and oxygen atoms in total. The molecule has 5 heteroatoms. The summed E-state index contributed by atoms with van der Waals surface area (Å²) in [7, 11) is 1.77. The third kappa shape index (κ3) is 3.85.